The van der Waals surface area contributed by atoms with E-state index in [9.17, 15) is 0 Å². The van der Waals surface area contributed by atoms with E-state index in [2.05, 4.69) is 22.1 Å². The van der Waals surface area contributed by atoms with E-state index in [-0.39, 0.29) is 12.8 Å². The van der Waals surface area contributed by atoms with Crippen LogP contribution in [0.4, 0.5) is 0 Å². The van der Waals surface area contributed by atoms with Crippen LogP contribution in [0.5, 0.6) is 0 Å². The lowest BCUT2D eigenvalue weighted by Gasteiger charge is -1.98. The predicted octanol–water partition coefficient (Wildman–Crippen LogP) is 3.75. The maximum absolute atomic E-state index is 8.78. The van der Waals surface area contributed by atoms with Crippen molar-refractivity contribution in [1.29, 1.82) is 10.5 Å². The summed E-state index contributed by atoms with van der Waals surface area (Å²) in [6, 6.07) is 11.6. The van der Waals surface area contributed by atoms with E-state index in [0.29, 0.717) is 34.7 Å². The second kappa shape index (κ2) is 6.39. The van der Waals surface area contributed by atoms with Crippen molar-refractivity contribution < 1.29 is 8.83 Å². The van der Waals surface area contributed by atoms with Crippen molar-refractivity contribution in [2.75, 3.05) is 0 Å². The van der Waals surface area contributed by atoms with Crippen molar-refractivity contribution in [3.8, 4) is 35.0 Å². The Morgan fingerprint density at radius 3 is 1.50 bits per heavy atom. The number of hydrogen-bond acceptors (Lipinski definition) is 6. The lowest BCUT2D eigenvalue weighted by Crippen LogP contribution is -1.85. The van der Waals surface area contributed by atoms with E-state index >= 15 is 0 Å². The molecule has 24 heavy (non-hydrogen) atoms. The summed E-state index contributed by atoms with van der Waals surface area (Å²) in [5, 5.41) is 17.6. The van der Waals surface area contributed by atoms with Gasteiger partial charge in [-0.2, -0.15) is 10.5 Å². The molecule has 0 unspecified atom stereocenters. The van der Waals surface area contributed by atoms with E-state index in [1.807, 2.05) is 24.3 Å². The van der Waals surface area contributed by atoms with E-state index < -0.39 is 0 Å². The fraction of sp³-hybridized carbons (Fsp3) is 0.222. The largest absolute Gasteiger partial charge is 0.441 e. The summed E-state index contributed by atoms with van der Waals surface area (Å²) in [4.78, 5) is 8.70. The lowest BCUT2D eigenvalue weighted by atomic mass is 10.1. The highest BCUT2D eigenvalue weighted by Gasteiger charge is 2.14. The second-order valence-electron chi connectivity index (χ2n) is 5.29. The van der Waals surface area contributed by atoms with Gasteiger partial charge in [0, 0.05) is 11.1 Å². The average molecular weight is 318 g/mol. The molecule has 2 heterocycles. The molecule has 118 valence electrons. The second-order valence-corrected chi connectivity index (χ2v) is 5.29. The highest BCUT2D eigenvalue weighted by Crippen LogP contribution is 2.27. The molecule has 0 bridgehead atoms. The minimum Gasteiger partial charge on any atom is -0.441 e. The smallest absolute Gasteiger partial charge is 0.226 e. The first-order chi connectivity index (χ1) is 11.6. The van der Waals surface area contributed by atoms with Crippen molar-refractivity contribution in [3.63, 3.8) is 0 Å². The SMILES string of the molecule is Cc1oc(-c2ccc(-c3nc(CC#N)c(C)o3)cc2)nc1CC#N. The number of rotatable bonds is 4. The molecule has 2 aromatic heterocycles. The Labute approximate surface area is 139 Å². The molecule has 0 radical (unpaired) electrons. The Hall–Kier alpha value is -3.38. The van der Waals surface area contributed by atoms with E-state index in [1.54, 1.807) is 13.8 Å². The molecule has 0 saturated carbocycles. The van der Waals surface area contributed by atoms with Gasteiger partial charge < -0.3 is 8.83 Å². The first kappa shape index (κ1) is 15.5. The van der Waals surface area contributed by atoms with Crippen LogP contribution in [0.3, 0.4) is 0 Å². The molecule has 0 spiro atoms. The van der Waals surface area contributed by atoms with Crippen LogP contribution in [0, 0.1) is 36.5 Å². The summed E-state index contributed by atoms with van der Waals surface area (Å²) >= 11 is 0. The maximum atomic E-state index is 8.78. The minimum absolute atomic E-state index is 0.227. The van der Waals surface area contributed by atoms with Crippen LogP contribution in [0.15, 0.2) is 33.1 Å². The molecule has 3 rings (SSSR count). The standard InChI is InChI=1S/C18H14N4O2/c1-11-15(7-9-19)21-17(23-11)13-3-5-14(6-4-13)18-22-16(8-10-20)12(2)24-18/h3-6H,7-8H2,1-2H3. The maximum Gasteiger partial charge on any atom is 0.226 e. The van der Waals surface area contributed by atoms with Crippen LogP contribution >= 0.6 is 0 Å². The number of aryl methyl sites for hydroxylation is 2. The third-order valence-electron chi connectivity index (χ3n) is 3.66. The Balaban J connectivity index is 1.88. The number of benzene rings is 1. The highest BCUT2D eigenvalue weighted by atomic mass is 16.4. The van der Waals surface area contributed by atoms with E-state index in [4.69, 9.17) is 19.4 Å². The van der Waals surface area contributed by atoms with Crippen LogP contribution in [0.25, 0.3) is 22.9 Å². The number of oxazole rings is 2. The average Bonchev–Trinajstić information content (AvgIpc) is 3.12. The van der Waals surface area contributed by atoms with E-state index in [0.717, 1.165) is 11.1 Å². The Morgan fingerprint density at radius 1 is 0.792 bits per heavy atom. The van der Waals surface area contributed by atoms with Crippen LogP contribution in [0.1, 0.15) is 22.9 Å². The van der Waals surface area contributed by atoms with Gasteiger partial charge in [0.2, 0.25) is 11.8 Å². The summed E-state index contributed by atoms with van der Waals surface area (Å²) in [6.07, 6.45) is 0.454. The van der Waals surface area contributed by atoms with Crippen molar-refractivity contribution in [2.24, 2.45) is 0 Å². The van der Waals surface area contributed by atoms with Crippen LogP contribution < -0.4 is 0 Å². The van der Waals surface area contributed by atoms with Gasteiger partial charge in [-0.05, 0) is 38.1 Å². The van der Waals surface area contributed by atoms with Gasteiger partial charge in [0.05, 0.1) is 36.4 Å². The number of nitrogens with zero attached hydrogens (tertiary/aromatic N) is 4. The normalized spacial score (nSPS) is 10.3. The number of nitriles is 2. The summed E-state index contributed by atoms with van der Waals surface area (Å²) in [5.41, 5.74) is 2.93. The molecule has 0 aliphatic carbocycles. The van der Waals surface area contributed by atoms with Crippen LogP contribution in [-0.2, 0) is 12.8 Å². The molecule has 0 N–H and O–H groups in total. The molecular weight excluding hydrogens is 304 g/mol. The topological polar surface area (TPSA) is 99.6 Å². The molecular formula is C18H14N4O2. The Bertz CT molecular complexity index is 873. The third kappa shape index (κ3) is 2.90. The summed E-state index contributed by atoms with van der Waals surface area (Å²) in [5.74, 6) is 2.27. The molecule has 6 nitrogen and oxygen atoms in total. The molecule has 0 saturated heterocycles. The minimum atomic E-state index is 0.227. The van der Waals surface area contributed by atoms with Gasteiger partial charge >= 0.3 is 0 Å². The zero-order valence-electron chi connectivity index (χ0n) is 13.3. The van der Waals surface area contributed by atoms with Crippen LogP contribution in [0.2, 0.25) is 0 Å². The monoisotopic (exact) mass is 318 g/mol. The van der Waals surface area contributed by atoms with Gasteiger partial charge in [0.15, 0.2) is 0 Å². The Morgan fingerprint density at radius 2 is 1.17 bits per heavy atom. The molecule has 0 fully saturated rings. The molecule has 3 aromatic rings. The molecule has 6 heteroatoms. The fourth-order valence-electron chi connectivity index (χ4n) is 2.34. The van der Waals surface area contributed by atoms with Gasteiger partial charge in [0.25, 0.3) is 0 Å². The lowest BCUT2D eigenvalue weighted by molar-refractivity contribution is 0.538. The predicted molar refractivity (Wildman–Crippen MR) is 85.5 cm³/mol. The first-order valence-electron chi connectivity index (χ1n) is 7.39. The highest BCUT2D eigenvalue weighted by molar-refractivity contribution is 5.62. The quantitative estimate of drug-likeness (QED) is 0.726. The Kier molecular flexibility index (Phi) is 4.13. The van der Waals surface area contributed by atoms with Gasteiger partial charge in [-0.15, -0.1) is 0 Å². The zero-order chi connectivity index (χ0) is 17.1. The summed E-state index contributed by atoms with van der Waals surface area (Å²) < 4.78 is 11.2. The van der Waals surface area contributed by atoms with Crippen molar-refractivity contribution in [2.45, 2.75) is 26.7 Å². The van der Waals surface area contributed by atoms with Crippen molar-refractivity contribution in [1.82, 2.24) is 9.97 Å². The van der Waals surface area contributed by atoms with Crippen molar-refractivity contribution in [3.05, 3.63) is 47.2 Å². The fourth-order valence-corrected chi connectivity index (χ4v) is 2.34. The van der Waals surface area contributed by atoms with Gasteiger partial charge in [-0.3, -0.25) is 0 Å². The summed E-state index contributed by atoms with van der Waals surface area (Å²) in [7, 11) is 0. The molecule has 0 atom stereocenters. The van der Waals surface area contributed by atoms with Gasteiger partial charge in [0.1, 0.15) is 11.5 Å². The third-order valence-corrected chi connectivity index (χ3v) is 3.66. The van der Waals surface area contributed by atoms with Gasteiger partial charge in [-0.25, -0.2) is 9.97 Å². The van der Waals surface area contributed by atoms with Crippen molar-refractivity contribution >= 4 is 0 Å². The zero-order valence-corrected chi connectivity index (χ0v) is 13.3. The summed E-state index contributed by atoms with van der Waals surface area (Å²) in [6.45, 7) is 3.59. The molecule has 0 aliphatic heterocycles. The number of hydrogen-bond donors (Lipinski definition) is 0. The van der Waals surface area contributed by atoms with E-state index in [1.165, 1.54) is 0 Å². The molecule has 0 amide bonds. The van der Waals surface area contributed by atoms with Gasteiger partial charge in [-0.1, -0.05) is 0 Å². The molecule has 0 aliphatic rings. The number of aromatic nitrogens is 2. The molecule has 1 aromatic carbocycles. The first-order valence-corrected chi connectivity index (χ1v) is 7.39. The van der Waals surface area contributed by atoms with Crippen LogP contribution in [-0.4, -0.2) is 9.97 Å².